The highest BCUT2D eigenvalue weighted by Crippen LogP contribution is 2.20. The third-order valence-corrected chi connectivity index (χ3v) is 3.17. The molecule has 126 valence electrons. The minimum absolute atomic E-state index is 0.0413. The summed E-state index contributed by atoms with van der Waals surface area (Å²) in [5.74, 6) is -0.164. The van der Waals surface area contributed by atoms with Crippen LogP contribution >= 0.6 is 0 Å². The lowest BCUT2D eigenvalue weighted by Gasteiger charge is -2.07. The predicted octanol–water partition coefficient (Wildman–Crippen LogP) is 2.66. The van der Waals surface area contributed by atoms with Gasteiger partial charge in [0.05, 0.1) is 13.0 Å². The van der Waals surface area contributed by atoms with Crippen molar-refractivity contribution in [2.75, 3.05) is 13.2 Å². The lowest BCUT2D eigenvalue weighted by atomic mass is 10.1. The Balaban J connectivity index is 1.82. The summed E-state index contributed by atoms with van der Waals surface area (Å²) < 4.78 is 10.3. The van der Waals surface area contributed by atoms with Crippen molar-refractivity contribution in [3.8, 4) is 5.75 Å². The molecule has 0 spiro atoms. The summed E-state index contributed by atoms with van der Waals surface area (Å²) in [6.07, 6.45) is 0.0413. The summed E-state index contributed by atoms with van der Waals surface area (Å²) in [5.41, 5.74) is 2.82. The minimum atomic E-state index is -0.397. The molecule has 0 saturated heterocycles. The van der Waals surface area contributed by atoms with Crippen molar-refractivity contribution >= 4 is 28.4 Å². The summed E-state index contributed by atoms with van der Waals surface area (Å²) in [6, 6.07) is 13.5. The van der Waals surface area contributed by atoms with Gasteiger partial charge >= 0.3 is 5.97 Å². The molecule has 0 fully saturated rings. The summed E-state index contributed by atoms with van der Waals surface area (Å²) >= 11 is 0. The van der Waals surface area contributed by atoms with Gasteiger partial charge in [-0.1, -0.05) is 30.3 Å². The van der Waals surface area contributed by atoms with E-state index in [0.29, 0.717) is 18.1 Å². The Bertz CT molecular complexity index is 756. The largest absolute Gasteiger partial charge is 0.484 e. The fourth-order valence-corrected chi connectivity index (χ4v) is 2.06. The molecule has 0 bridgehead atoms. The lowest BCUT2D eigenvalue weighted by Crippen LogP contribution is -2.26. The van der Waals surface area contributed by atoms with E-state index in [9.17, 15) is 9.59 Å². The van der Waals surface area contributed by atoms with Crippen molar-refractivity contribution in [1.29, 1.82) is 0 Å². The Labute approximate surface area is 140 Å². The Morgan fingerprint density at radius 1 is 1.12 bits per heavy atom. The molecule has 0 aromatic heterocycles. The van der Waals surface area contributed by atoms with Crippen LogP contribution in [0.25, 0.3) is 10.8 Å². The molecular formula is C18H20N2O4. The Morgan fingerprint density at radius 3 is 2.62 bits per heavy atom. The maximum absolute atomic E-state index is 11.7. The number of esters is 1. The van der Waals surface area contributed by atoms with E-state index in [1.807, 2.05) is 42.5 Å². The van der Waals surface area contributed by atoms with E-state index in [1.165, 1.54) is 0 Å². The van der Waals surface area contributed by atoms with Crippen molar-refractivity contribution in [1.82, 2.24) is 5.43 Å². The van der Waals surface area contributed by atoms with Crippen LogP contribution in [0.15, 0.2) is 47.6 Å². The SMILES string of the molecule is CCOC(=O)CC(C)=NNC(=O)COc1ccc2ccccc2c1. The van der Waals surface area contributed by atoms with Crippen molar-refractivity contribution in [2.24, 2.45) is 5.10 Å². The number of amides is 1. The van der Waals surface area contributed by atoms with E-state index in [0.717, 1.165) is 10.8 Å². The van der Waals surface area contributed by atoms with Gasteiger partial charge in [-0.2, -0.15) is 5.10 Å². The van der Waals surface area contributed by atoms with Gasteiger partial charge in [-0.15, -0.1) is 0 Å². The normalized spacial score (nSPS) is 11.2. The van der Waals surface area contributed by atoms with Gasteiger partial charge in [-0.05, 0) is 36.8 Å². The van der Waals surface area contributed by atoms with E-state index >= 15 is 0 Å². The van der Waals surface area contributed by atoms with Crippen molar-refractivity contribution < 1.29 is 19.1 Å². The van der Waals surface area contributed by atoms with E-state index in [4.69, 9.17) is 9.47 Å². The molecule has 6 nitrogen and oxygen atoms in total. The van der Waals surface area contributed by atoms with Crippen LogP contribution in [0.4, 0.5) is 0 Å². The average Bonchev–Trinajstić information content (AvgIpc) is 2.58. The fourth-order valence-electron chi connectivity index (χ4n) is 2.06. The van der Waals surface area contributed by atoms with E-state index in [2.05, 4.69) is 10.5 Å². The van der Waals surface area contributed by atoms with Crippen LogP contribution in [0, 0.1) is 0 Å². The molecule has 24 heavy (non-hydrogen) atoms. The number of rotatable bonds is 7. The van der Waals surface area contributed by atoms with Crippen LogP contribution in [0.2, 0.25) is 0 Å². The quantitative estimate of drug-likeness (QED) is 0.481. The smallest absolute Gasteiger partial charge is 0.311 e. The second-order valence-electron chi connectivity index (χ2n) is 5.16. The van der Waals surface area contributed by atoms with Gasteiger partial charge in [0.1, 0.15) is 5.75 Å². The van der Waals surface area contributed by atoms with Crippen LogP contribution in [0.5, 0.6) is 5.75 Å². The number of hydrogen-bond donors (Lipinski definition) is 1. The Hall–Kier alpha value is -2.89. The number of hydrazone groups is 1. The van der Waals surface area contributed by atoms with Gasteiger partial charge in [0, 0.05) is 5.71 Å². The van der Waals surface area contributed by atoms with Crippen LogP contribution in [0.3, 0.4) is 0 Å². The summed E-state index contributed by atoms with van der Waals surface area (Å²) in [7, 11) is 0. The second kappa shape index (κ2) is 8.67. The Kier molecular flexibility index (Phi) is 6.31. The molecule has 2 rings (SSSR count). The van der Waals surface area contributed by atoms with Crippen molar-refractivity contribution in [3.63, 3.8) is 0 Å². The van der Waals surface area contributed by atoms with Gasteiger partial charge in [0.25, 0.3) is 5.91 Å². The maximum atomic E-state index is 11.7. The number of fused-ring (bicyclic) bond motifs is 1. The minimum Gasteiger partial charge on any atom is -0.484 e. The third-order valence-electron chi connectivity index (χ3n) is 3.17. The highest BCUT2D eigenvalue weighted by atomic mass is 16.5. The monoisotopic (exact) mass is 328 g/mol. The van der Waals surface area contributed by atoms with Gasteiger partial charge in [0.2, 0.25) is 0 Å². The molecule has 1 N–H and O–H groups in total. The molecule has 1 amide bonds. The zero-order chi connectivity index (χ0) is 17.4. The first-order valence-corrected chi connectivity index (χ1v) is 7.67. The zero-order valence-electron chi connectivity index (χ0n) is 13.7. The molecule has 0 atom stereocenters. The van der Waals surface area contributed by atoms with Gasteiger partial charge in [-0.3, -0.25) is 9.59 Å². The molecule has 0 unspecified atom stereocenters. The van der Waals surface area contributed by atoms with Crippen molar-refractivity contribution in [3.05, 3.63) is 42.5 Å². The first kappa shape index (κ1) is 17.5. The molecule has 0 saturated carbocycles. The maximum Gasteiger partial charge on any atom is 0.311 e. The van der Waals surface area contributed by atoms with Crippen molar-refractivity contribution in [2.45, 2.75) is 20.3 Å². The van der Waals surface area contributed by atoms with Crippen LogP contribution < -0.4 is 10.2 Å². The van der Waals surface area contributed by atoms with Crippen LogP contribution in [-0.4, -0.2) is 30.8 Å². The number of nitrogens with zero attached hydrogens (tertiary/aromatic N) is 1. The third kappa shape index (κ3) is 5.39. The van der Waals surface area contributed by atoms with Crippen LogP contribution in [-0.2, 0) is 14.3 Å². The van der Waals surface area contributed by atoms with E-state index in [-0.39, 0.29) is 19.0 Å². The lowest BCUT2D eigenvalue weighted by molar-refractivity contribution is -0.141. The molecular weight excluding hydrogens is 308 g/mol. The fraction of sp³-hybridized carbons (Fsp3) is 0.278. The van der Waals surface area contributed by atoms with Gasteiger partial charge in [-0.25, -0.2) is 5.43 Å². The highest BCUT2D eigenvalue weighted by Gasteiger charge is 2.06. The summed E-state index contributed by atoms with van der Waals surface area (Å²) in [6.45, 7) is 3.53. The molecule has 2 aromatic carbocycles. The molecule has 0 aliphatic heterocycles. The number of hydrogen-bond acceptors (Lipinski definition) is 5. The van der Waals surface area contributed by atoms with Crippen LogP contribution in [0.1, 0.15) is 20.3 Å². The molecule has 6 heteroatoms. The standard InChI is InChI=1S/C18H20N2O4/c1-3-23-18(22)10-13(2)19-20-17(21)12-24-16-9-8-14-6-4-5-7-15(14)11-16/h4-9,11H,3,10,12H2,1-2H3,(H,20,21). The number of carbonyl (C=O) groups excluding carboxylic acids is 2. The highest BCUT2D eigenvalue weighted by molar-refractivity contribution is 5.98. The molecule has 2 aromatic rings. The molecule has 0 aliphatic carbocycles. The molecule has 0 radical (unpaired) electrons. The average molecular weight is 328 g/mol. The second-order valence-corrected chi connectivity index (χ2v) is 5.16. The number of carbonyl (C=O) groups is 2. The number of ether oxygens (including phenoxy) is 2. The number of nitrogens with one attached hydrogen (secondary N) is 1. The number of benzene rings is 2. The Morgan fingerprint density at radius 2 is 1.88 bits per heavy atom. The summed E-state index contributed by atoms with van der Waals surface area (Å²) in [5, 5.41) is 5.99. The van der Waals surface area contributed by atoms with E-state index in [1.54, 1.807) is 13.8 Å². The molecule has 0 heterocycles. The van der Waals surface area contributed by atoms with Gasteiger partial charge < -0.3 is 9.47 Å². The first-order chi connectivity index (χ1) is 11.6. The predicted molar refractivity (Wildman–Crippen MR) is 91.9 cm³/mol. The first-order valence-electron chi connectivity index (χ1n) is 7.67. The zero-order valence-corrected chi connectivity index (χ0v) is 13.7. The topological polar surface area (TPSA) is 77.0 Å². The van der Waals surface area contributed by atoms with Gasteiger partial charge in [0.15, 0.2) is 6.61 Å². The van der Waals surface area contributed by atoms with E-state index < -0.39 is 5.91 Å². The molecule has 0 aliphatic rings. The summed E-state index contributed by atoms with van der Waals surface area (Å²) in [4.78, 5) is 23.0.